The number of nitrogens with one attached hydrogen (secondary N) is 1. The first-order valence-corrected chi connectivity index (χ1v) is 8.32. The number of halogens is 1. The Morgan fingerprint density at radius 2 is 1.95 bits per heavy atom. The third-order valence-electron chi connectivity index (χ3n) is 4.31. The number of hydrogen-bond acceptors (Lipinski definition) is 3. The van der Waals surface area contributed by atoms with Gasteiger partial charge in [-0.05, 0) is 63.9 Å². The van der Waals surface area contributed by atoms with Crippen molar-refractivity contribution in [3.8, 4) is 0 Å². The molecule has 2 N–H and O–H groups in total. The maximum atomic E-state index is 9.43. The van der Waals surface area contributed by atoms with Crippen molar-refractivity contribution < 1.29 is 5.11 Å². The van der Waals surface area contributed by atoms with Gasteiger partial charge in [0.05, 0.1) is 6.10 Å². The molecule has 0 saturated carbocycles. The lowest BCUT2D eigenvalue weighted by molar-refractivity contribution is 0.0994. The highest BCUT2D eigenvalue weighted by atomic mass is 35.5. The summed E-state index contributed by atoms with van der Waals surface area (Å²) < 4.78 is 0. The number of nitrogens with zero attached hydrogens (tertiary/aromatic N) is 1. The zero-order chi connectivity index (χ0) is 15.2. The molecule has 118 valence electrons. The predicted octanol–water partition coefficient (Wildman–Crippen LogP) is 3.08. The lowest BCUT2D eigenvalue weighted by Gasteiger charge is -2.33. The number of benzene rings is 1. The summed E-state index contributed by atoms with van der Waals surface area (Å²) in [7, 11) is 0. The normalized spacial score (nSPS) is 20.4. The molecule has 3 nitrogen and oxygen atoms in total. The van der Waals surface area contributed by atoms with E-state index in [9.17, 15) is 5.11 Å². The smallest absolute Gasteiger partial charge is 0.0639 e. The van der Waals surface area contributed by atoms with E-state index in [1.54, 1.807) is 0 Å². The highest BCUT2D eigenvalue weighted by Gasteiger charge is 2.20. The predicted molar refractivity (Wildman–Crippen MR) is 88.7 cm³/mol. The van der Waals surface area contributed by atoms with Crippen LogP contribution in [0.5, 0.6) is 0 Å². The van der Waals surface area contributed by atoms with Crippen LogP contribution in [0.4, 0.5) is 0 Å². The van der Waals surface area contributed by atoms with Crippen LogP contribution in [0.15, 0.2) is 24.3 Å². The summed E-state index contributed by atoms with van der Waals surface area (Å²) in [5.74, 6) is 0.722. The van der Waals surface area contributed by atoms with Crippen molar-refractivity contribution in [3.63, 3.8) is 0 Å². The Kier molecular flexibility index (Phi) is 6.49. The summed E-state index contributed by atoms with van der Waals surface area (Å²) >= 11 is 6.24. The van der Waals surface area contributed by atoms with E-state index in [1.807, 2.05) is 25.1 Å². The second-order valence-corrected chi connectivity index (χ2v) is 6.65. The zero-order valence-electron chi connectivity index (χ0n) is 13.1. The molecule has 1 aliphatic heterocycles. The molecule has 1 aromatic rings. The van der Waals surface area contributed by atoms with Gasteiger partial charge in [0.15, 0.2) is 0 Å². The van der Waals surface area contributed by atoms with Crippen LogP contribution in [0.25, 0.3) is 0 Å². The lowest BCUT2D eigenvalue weighted by Crippen LogP contribution is -2.40. The molecule has 0 bridgehead atoms. The van der Waals surface area contributed by atoms with Gasteiger partial charge in [-0.3, -0.25) is 0 Å². The maximum Gasteiger partial charge on any atom is 0.0639 e. The van der Waals surface area contributed by atoms with Crippen LogP contribution in [0, 0.1) is 5.92 Å². The minimum absolute atomic E-state index is 0.222. The van der Waals surface area contributed by atoms with Gasteiger partial charge in [-0.2, -0.15) is 0 Å². The second kappa shape index (κ2) is 8.14. The third kappa shape index (κ3) is 5.26. The van der Waals surface area contributed by atoms with Gasteiger partial charge < -0.3 is 15.3 Å². The Morgan fingerprint density at radius 1 is 1.29 bits per heavy atom. The Hall–Kier alpha value is -0.610. The number of aliphatic hydroxyl groups is 1. The number of rotatable bonds is 6. The zero-order valence-corrected chi connectivity index (χ0v) is 13.8. The van der Waals surface area contributed by atoms with Crippen LogP contribution < -0.4 is 5.32 Å². The molecule has 1 heterocycles. The van der Waals surface area contributed by atoms with Crippen molar-refractivity contribution in [2.45, 2.75) is 38.8 Å². The molecule has 0 spiro atoms. The molecule has 1 aliphatic rings. The molecule has 0 aromatic heterocycles. The van der Waals surface area contributed by atoms with Gasteiger partial charge in [0.25, 0.3) is 0 Å². The van der Waals surface area contributed by atoms with E-state index in [-0.39, 0.29) is 12.1 Å². The van der Waals surface area contributed by atoms with Gasteiger partial charge in [0.2, 0.25) is 0 Å². The Labute approximate surface area is 133 Å². The average molecular weight is 311 g/mol. The van der Waals surface area contributed by atoms with E-state index in [0.29, 0.717) is 0 Å². The van der Waals surface area contributed by atoms with Crippen molar-refractivity contribution in [2.75, 3.05) is 26.2 Å². The molecule has 1 fully saturated rings. The molecule has 0 radical (unpaired) electrons. The molecule has 1 aromatic carbocycles. The molecule has 4 heteroatoms. The first-order chi connectivity index (χ1) is 10.1. The lowest BCUT2D eigenvalue weighted by atomic mass is 9.96. The van der Waals surface area contributed by atoms with Crippen LogP contribution in [0.3, 0.4) is 0 Å². The van der Waals surface area contributed by atoms with Gasteiger partial charge >= 0.3 is 0 Å². The first kappa shape index (κ1) is 16.8. The topological polar surface area (TPSA) is 35.5 Å². The van der Waals surface area contributed by atoms with Gasteiger partial charge in [-0.1, -0.05) is 29.8 Å². The first-order valence-electron chi connectivity index (χ1n) is 7.94. The highest BCUT2D eigenvalue weighted by molar-refractivity contribution is 6.31. The standard InChI is InChI=1S/C17H27ClN2O/c1-13(21)12-20-9-7-15(8-10-20)11-19-14(2)16-5-3-4-6-17(16)18/h3-6,13-15,19,21H,7-12H2,1-2H3. The van der Waals surface area contributed by atoms with Crippen molar-refractivity contribution >= 4 is 11.6 Å². The number of likely N-dealkylation sites (tertiary alicyclic amines) is 1. The number of piperidine rings is 1. The molecule has 0 aliphatic carbocycles. The maximum absolute atomic E-state index is 9.43. The van der Waals surface area contributed by atoms with Crippen LogP contribution in [-0.4, -0.2) is 42.3 Å². The fraction of sp³-hybridized carbons (Fsp3) is 0.647. The molecule has 1 saturated heterocycles. The Morgan fingerprint density at radius 3 is 2.57 bits per heavy atom. The van der Waals surface area contributed by atoms with Crippen LogP contribution in [0.2, 0.25) is 5.02 Å². The van der Waals surface area contributed by atoms with Crippen molar-refractivity contribution in [1.29, 1.82) is 0 Å². The average Bonchev–Trinajstić information content (AvgIpc) is 2.46. The van der Waals surface area contributed by atoms with Crippen LogP contribution in [-0.2, 0) is 0 Å². The molecule has 21 heavy (non-hydrogen) atoms. The summed E-state index contributed by atoms with van der Waals surface area (Å²) in [6.07, 6.45) is 2.18. The van der Waals surface area contributed by atoms with Crippen molar-refractivity contribution in [2.24, 2.45) is 5.92 Å². The van der Waals surface area contributed by atoms with Crippen molar-refractivity contribution in [1.82, 2.24) is 10.2 Å². The van der Waals surface area contributed by atoms with Gasteiger partial charge in [-0.25, -0.2) is 0 Å². The monoisotopic (exact) mass is 310 g/mol. The summed E-state index contributed by atoms with van der Waals surface area (Å²) in [6, 6.07) is 8.33. The second-order valence-electron chi connectivity index (χ2n) is 6.24. The SMILES string of the molecule is CC(O)CN1CCC(CNC(C)c2ccccc2Cl)CC1. The molecule has 2 atom stereocenters. The molecule has 2 rings (SSSR count). The molecular weight excluding hydrogens is 284 g/mol. The third-order valence-corrected chi connectivity index (χ3v) is 4.66. The summed E-state index contributed by atoms with van der Waals surface area (Å²) in [6.45, 7) is 8.06. The van der Waals surface area contributed by atoms with E-state index in [2.05, 4.69) is 23.2 Å². The van der Waals surface area contributed by atoms with Crippen LogP contribution >= 0.6 is 11.6 Å². The fourth-order valence-corrected chi connectivity index (χ4v) is 3.33. The molecular formula is C17H27ClN2O. The molecule has 0 amide bonds. The van der Waals surface area contributed by atoms with Gasteiger partial charge in [0.1, 0.15) is 0 Å². The summed E-state index contributed by atoms with van der Waals surface area (Å²) in [5.41, 5.74) is 1.17. The van der Waals surface area contributed by atoms with Gasteiger partial charge in [0, 0.05) is 17.6 Å². The van der Waals surface area contributed by atoms with Crippen molar-refractivity contribution in [3.05, 3.63) is 34.9 Å². The van der Waals surface area contributed by atoms with Gasteiger partial charge in [-0.15, -0.1) is 0 Å². The fourth-order valence-electron chi connectivity index (χ4n) is 3.03. The quantitative estimate of drug-likeness (QED) is 0.847. The highest BCUT2D eigenvalue weighted by Crippen LogP contribution is 2.23. The molecule has 2 unspecified atom stereocenters. The minimum atomic E-state index is -0.222. The minimum Gasteiger partial charge on any atom is -0.392 e. The number of aliphatic hydroxyl groups excluding tert-OH is 1. The van der Waals surface area contributed by atoms with E-state index >= 15 is 0 Å². The number of hydrogen-bond donors (Lipinski definition) is 2. The summed E-state index contributed by atoms with van der Waals surface area (Å²) in [4.78, 5) is 2.36. The summed E-state index contributed by atoms with van der Waals surface area (Å²) in [5, 5.41) is 13.9. The van der Waals surface area contributed by atoms with E-state index < -0.39 is 0 Å². The largest absolute Gasteiger partial charge is 0.392 e. The van der Waals surface area contributed by atoms with E-state index in [0.717, 1.165) is 37.1 Å². The Balaban J connectivity index is 1.73. The number of β-amino-alcohol motifs (C(OH)–C–C–N with tert-alkyl or cyclic N) is 1. The van der Waals surface area contributed by atoms with Crippen LogP contribution in [0.1, 0.15) is 38.3 Å². The van der Waals surface area contributed by atoms with E-state index in [4.69, 9.17) is 11.6 Å². The Bertz CT molecular complexity index is 431. The van der Waals surface area contributed by atoms with E-state index in [1.165, 1.54) is 18.4 Å².